The van der Waals surface area contributed by atoms with Crippen molar-refractivity contribution >= 4 is 17.7 Å². The van der Waals surface area contributed by atoms with E-state index in [-0.39, 0.29) is 43.7 Å². The number of nitrogens with one attached hydrogen (secondary N) is 2. The molecule has 1 unspecified atom stereocenters. The van der Waals surface area contributed by atoms with Crippen LogP contribution in [-0.2, 0) is 22.7 Å². The molecular formula is C21H24F3N3O3. The van der Waals surface area contributed by atoms with Crippen LogP contribution in [0, 0.1) is 5.92 Å². The molecule has 162 valence electrons. The van der Waals surface area contributed by atoms with E-state index < -0.39 is 24.0 Å². The van der Waals surface area contributed by atoms with E-state index in [2.05, 4.69) is 10.6 Å². The Morgan fingerprint density at radius 2 is 1.93 bits per heavy atom. The first kappa shape index (κ1) is 20.8. The molecule has 9 heteroatoms. The largest absolute Gasteiger partial charge is 0.391 e. The summed E-state index contributed by atoms with van der Waals surface area (Å²) < 4.78 is 39.0. The first-order valence-corrected chi connectivity index (χ1v) is 10.3. The van der Waals surface area contributed by atoms with Crippen LogP contribution in [0.3, 0.4) is 0 Å². The van der Waals surface area contributed by atoms with Gasteiger partial charge >= 0.3 is 6.18 Å². The molecule has 3 amide bonds. The third-order valence-electron chi connectivity index (χ3n) is 6.32. The van der Waals surface area contributed by atoms with Crippen molar-refractivity contribution in [3.05, 3.63) is 34.9 Å². The van der Waals surface area contributed by atoms with Crippen molar-refractivity contribution in [1.82, 2.24) is 15.5 Å². The van der Waals surface area contributed by atoms with E-state index in [1.807, 2.05) is 6.07 Å². The van der Waals surface area contributed by atoms with Crippen LogP contribution in [-0.4, -0.2) is 40.9 Å². The van der Waals surface area contributed by atoms with Crippen LogP contribution in [0.15, 0.2) is 18.2 Å². The Kier molecular flexibility index (Phi) is 5.57. The number of fused-ring (bicyclic) bond motifs is 1. The average molecular weight is 423 g/mol. The number of alkyl halides is 3. The average Bonchev–Trinajstić information content (AvgIpc) is 3.02. The monoisotopic (exact) mass is 423 g/mol. The Hall–Kier alpha value is -2.42. The van der Waals surface area contributed by atoms with Crippen molar-refractivity contribution < 1.29 is 27.6 Å². The number of amides is 3. The summed E-state index contributed by atoms with van der Waals surface area (Å²) in [5.41, 5.74) is 2.21. The molecule has 30 heavy (non-hydrogen) atoms. The molecule has 2 aliphatic heterocycles. The Labute approximate surface area is 172 Å². The maximum Gasteiger partial charge on any atom is 0.391 e. The van der Waals surface area contributed by atoms with E-state index in [9.17, 15) is 27.6 Å². The van der Waals surface area contributed by atoms with Gasteiger partial charge in [-0.05, 0) is 42.9 Å². The smallest absolute Gasteiger partial charge is 0.322 e. The highest BCUT2D eigenvalue weighted by Crippen LogP contribution is 2.37. The molecule has 3 atom stereocenters. The van der Waals surface area contributed by atoms with Crippen molar-refractivity contribution in [2.24, 2.45) is 5.92 Å². The minimum Gasteiger partial charge on any atom is -0.322 e. The standard InChI is InChI=1S/C21H24F3N3O3/c22-21(23,24)14-2-1-3-15(9-14)25-10-12-4-5-16-13(8-12)11-27(20(16)30)17-6-7-18(28)26-19(17)29/h4-5,8,14-15,17,25H,1-3,6-7,9-11H2,(H,26,28,29)/t14-,15-,17?/m0/s1. The second kappa shape index (κ2) is 8.02. The third kappa shape index (κ3) is 4.21. The van der Waals surface area contributed by atoms with Gasteiger partial charge in [-0.3, -0.25) is 19.7 Å². The molecule has 4 rings (SSSR count). The Morgan fingerprint density at radius 1 is 1.13 bits per heavy atom. The normalized spacial score (nSPS) is 27.2. The fourth-order valence-electron chi connectivity index (χ4n) is 4.67. The van der Waals surface area contributed by atoms with Gasteiger partial charge in [-0.25, -0.2) is 0 Å². The van der Waals surface area contributed by atoms with Crippen LogP contribution in [0.4, 0.5) is 13.2 Å². The highest BCUT2D eigenvalue weighted by molar-refractivity contribution is 6.05. The molecule has 0 aromatic heterocycles. The van der Waals surface area contributed by atoms with Crippen LogP contribution in [0.1, 0.15) is 60.0 Å². The van der Waals surface area contributed by atoms with E-state index in [4.69, 9.17) is 0 Å². The molecule has 1 saturated carbocycles. The number of benzene rings is 1. The maximum atomic E-state index is 13.0. The van der Waals surface area contributed by atoms with Gasteiger partial charge in [0.15, 0.2) is 0 Å². The topological polar surface area (TPSA) is 78.5 Å². The lowest BCUT2D eigenvalue weighted by Gasteiger charge is -2.31. The second-order valence-corrected chi connectivity index (χ2v) is 8.37. The first-order chi connectivity index (χ1) is 14.2. The van der Waals surface area contributed by atoms with Crippen molar-refractivity contribution in [1.29, 1.82) is 0 Å². The lowest BCUT2D eigenvalue weighted by molar-refractivity contribution is -0.183. The van der Waals surface area contributed by atoms with Gasteiger partial charge in [-0.15, -0.1) is 0 Å². The molecule has 0 bridgehead atoms. The summed E-state index contributed by atoms with van der Waals surface area (Å²) in [6, 6.07) is 4.53. The molecule has 2 fully saturated rings. The molecule has 0 spiro atoms. The number of piperidine rings is 1. The number of hydrogen-bond acceptors (Lipinski definition) is 4. The Bertz CT molecular complexity index is 871. The summed E-state index contributed by atoms with van der Waals surface area (Å²) in [7, 11) is 0. The second-order valence-electron chi connectivity index (χ2n) is 8.37. The highest BCUT2D eigenvalue weighted by Gasteiger charge is 2.42. The summed E-state index contributed by atoms with van der Waals surface area (Å²) in [5, 5.41) is 5.50. The van der Waals surface area contributed by atoms with Gasteiger partial charge in [0.2, 0.25) is 11.8 Å². The van der Waals surface area contributed by atoms with E-state index in [1.165, 1.54) is 4.90 Å². The van der Waals surface area contributed by atoms with E-state index >= 15 is 0 Å². The van der Waals surface area contributed by atoms with Crippen molar-refractivity contribution in [2.75, 3.05) is 0 Å². The number of nitrogens with zero attached hydrogens (tertiary/aromatic N) is 1. The molecule has 2 N–H and O–H groups in total. The fourth-order valence-corrected chi connectivity index (χ4v) is 4.67. The van der Waals surface area contributed by atoms with Crippen LogP contribution < -0.4 is 10.6 Å². The molecule has 6 nitrogen and oxygen atoms in total. The van der Waals surface area contributed by atoms with Gasteiger partial charge in [0.25, 0.3) is 5.91 Å². The predicted molar refractivity (Wildman–Crippen MR) is 101 cm³/mol. The van der Waals surface area contributed by atoms with Crippen LogP contribution in [0.5, 0.6) is 0 Å². The number of hydrogen-bond donors (Lipinski definition) is 2. The number of carbonyl (C=O) groups is 3. The van der Waals surface area contributed by atoms with Crippen molar-refractivity contribution in [3.8, 4) is 0 Å². The van der Waals surface area contributed by atoms with Gasteiger partial charge in [0.05, 0.1) is 5.92 Å². The lowest BCUT2D eigenvalue weighted by atomic mass is 9.85. The van der Waals surface area contributed by atoms with Crippen molar-refractivity contribution in [2.45, 2.75) is 69.9 Å². The highest BCUT2D eigenvalue weighted by atomic mass is 19.4. The Balaban J connectivity index is 1.38. The zero-order valence-electron chi connectivity index (χ0n) is 16.4. The van der Waals surface area contributed by atoms with Crippen LogP contribution in [0.25, 0.3) is 0 Å². The SMILES string of the molecule is O=C1CCC(N2Cc3cc(CN[C@H]4CCC[C@H](C(F)(F)F)C4)ccc3C2=O)C(=O)N1. The number of imide groups is 1. The van der Waals surface area contributed by atoms with Gasteiger partial charge < -0.3 is 10.2 Å². The lowest BCUT2D eigenvalue weighted by Crippen LogP contribution is -2.52. The van der Waals surface area contributed by atoms with Crippen LogP contribution >= 0.6 is 0 Å². The van der Waals surface area contributed by atoms with Gasteiger partial charge in [-0.1, -0.05) is 18.6 Å². The summed E-state index contributed by atoms with van der Waals surface area (Å²) in [6.45, 7) is 0.711. The van der Waals surface area contributed by atoms with Gasteiger partial charge in [0, 0.05) is 31.1 Å². The maximum absolute atomic E-state index is 13.0. The molecule has 1 saturated heterocycles. The Morgan fingerprint density at radius 3 is 2.67 bits per heavy atom. The first-order valence-electron chi connectivity index (χ1n) is 10.3. The number of halogens is 3. The predicted octanol–water partition coefficient (Wildman–Crippen LogP) is 2.66. The van der Waals surface area contributed by atoms with Gasteiger partial charge in [-0.2, -0.15) is 13.2 Å². The molecule has 1 aromatic rings. The minimum absolute atomic E-state index is 0.0935. The minimum atomic E-state index is -4.15. The third-order valence-corrected chi connectivity index (χ3v) is 6.32. The van der Waals surface area contributed by atoms with E-state index in [0.29, 0.717) is 24.9 Å². The molecule has 2 heterocycles. The summed E-state index contributed by atoms with van der Waals surface area (Å²) in [6.07, 6.45) is -2.07. The van der Waals surface area contributed by atoms with E-state index in [1.54, 1.807) is 12.1 Å². The molecule has 1 aromatic carbocycles. The summed E-state index contributed by atoms with van der Waals surface area (Å²) in [5.74, 6) is -2.27. The zero-order chi connectivity index (χ0) is 21.5. The molecular weight excluding hydrogens is 399 g/mol. The summed E-state index contributed by atoms with van der Waals surface area (Å²) >= 11 is 0. The van der Waals surface area contributed by atoms with Crippen LogP contribution in [0.2, 0.25) is 0 Å². The van der Waals surface area contributed by atoms with Crippen molar-refractivity contribution in [3.63, 3.8) is 0 Å². The fraction of sp³-hybridized carbons (Fsp3) is 0.571. The number of rotatable bonds is 4. The molecule has 3 aliphatic rings. The van der Waals surface area contributed by atoms with Gasteiger partial charge in [0.1, 0.15) is 6.04 Å². The summed E-state index contributed by atoms with van der Waals surface area (Å²) in [4.78, 5) is 37.7. The zero-order valence-corrected chi connectivity index (χ0v) is 16.4. The molecule has 1 aliphatic carbocycles. The molecule has 0 radical (unpaired) electrons. The van der Waals surface area contributed by atoms with E-state index in [0.717, 1.165) is 17.5 Å². The quantitative estimate of drug-likeness (QED) is 0.730. The number of carbonyl (C=O) groups excluding carboxylic acids is 3.